The highest BCUT2D eigenvalue weighted by Crippen LogP contribution is 2.34. The van der Waals surface area contributed by atoms with E-state index >= 15 is 0 Å². The van der Waals surface area contributed by atoms with E-state index in [9.17, 15) is 0 Å². The maximum atomic E-state index is 5.59. The molecule has 0 aliphatic carbocycles. The molecule has 0 spiro atoms. The first-order valence-electron chi connectivity index (χ1n) is 9.56. The van der Waals surface area contributed by atoms with E-state index in [1.54, 1.807) is 6.08 Å². The molecular weight excluding hydrogens is 326 g/mol. The van der Waals surface area contributed by atoms with Gasteiger partial charge in [0.2, 0.25) is 0 Å². The average molecular weight is 360 g/mol. The third-order valence-corrected chi connectivity index (χ3v) is 5.35. The molecule has 1 heteroatoms. The van der Waals surface area contributed by atoms with Gasteiger partial charge in [-0.05, 0) is 79.1 Å². The highest BCUT2D eigenvalue weighted by molar-refractivity contribution is 5.81. The maximum Gasteiger partial charge on any atom is 0.0927 e. The van der Waals surface area contributed by atoms with E-state index in [0.29, 0.717) is 0 Å². The van der Waals surface area contributed by atoms with Gasteiger partial charge in [-0.1, -0.05) is 56.7 Å². The summed E-state index contributed by atoms with van der Waals surface area (Å²) in [6.45, 7) is 19.0. The van der Waals surface area contributed by atoms with Crippen molar-refractivity contribution in [2.24, 2.45) is 0 Å². The molecule has 0 radical (unpaired) electrons. The zero-order valence-electron chi connectivity index (χ0n) is 18.2. The van der Waals surface area contributed by atoms with Crippen LogP contribution in [-0.4, -0.2) is 7.05 Å². The Morgan fingerprint density at radius 2 is 1.33 bits per heavy atom. The Kier molecular flexibility index (Phi) is 8.13. The van der Waals surface area contributed by atoms with Crippen LogP contribution in [0, 0.1) is 47.0 Å². The maximum absolute atomic E-state index is 5.59. The van der Waals surface area contributed by atoms with Gasteiger partial charge in [-0.2, -0.15) is 0 Å². The summed E-state index contributed by atoms with van der Waals surface area (Å²) in [7, 11) is 1.83. The van der Waals surface area contributed by atoms with Crippen molar-refractivity contribution in [2.45, 2.75) is 48.5 Å². The lowest BCUT2D eigenvalue weighted by Gasteiger charge is -2.19. The lowest BCUT2D eigenvalue weighted by molar-refractivity contribution is 1.05. The number of benzene rings is 2. The fraction of sp³-hybridized carbons (Fsp3) is 0.308. The van der Waals surface area contributed by atoms with Crippen molar-refractivity contribution in [1.82, 2.24) is 5.32 Å². The molecule has 0 unspecified atom stereocenters. The van der Waals surface area contributed by atoms with Crippen LogP contribution in [0.2, 0.25) is 0 Å². The Hall–Kier alpha value is -2.72. The van der Waals surface area contributed by atoms with Gasteiger partial charge in [0.1, 0.15) is 0 Å². The smallest absolute Gasteiger partial charge is 0.0927 e. The molecule has 0 aliphatic heterocycles. The summed E-state index contributed by atoms with van der Waals surface area (Å²) < 4.78 is 0. The van der Waals surface area contributed by atoms with Gasteiger partial charge in [0.15, 0.2) is 0 Å². The van der Waals surface area contributed by atoms with Gasteiger partial charge in [-0.25, -0.2) is 0 Å². The summed E-state index contributed by atoms with van der Waals surface area (Å²) in [4.78, 5) is 0. The van der Waals surface area contributed by atoms with E-state index in [1.807, 2.05) is 20.9 Å². The lowest BCUT2D eigenvalue weighted by atomic mass is 9.86. The second-order valence-electron chi connectivity index (χ2n) is 6.46. The largest absolute Gasteiger partial charge is 0.381 e. The van der Waals surface area contributed by atoms with E-state index in [2.05, 4.69) is 76.7 Å². The molecule has 2 aromatic rings. The predicted octanol–water partition coefficient (Wildman–Crippen LogP) is 6.67. The number of allylic oxidation sites excluding steroid dienone is 3. The van der Waals surface area contributed by atoms with Crippen molar-refractivity contribution in [3.05, 3.63) is 76.0 Å². The number of nitrogens with one attached hydrogen (secondary N) is 1. The first kappa shape index (κ1) is 22.3. The fourth-order valence-electron chi connectivity index (χ4n) is 3.40. The van der Waals surface area contributed by atoms with Crippen LogP contribution in [0.4, 0.5) is 0 Å². The van der Waals surface area contributed by atoms with Gasteiger partial charge < -0.3 is 5.32 Å². The van der Waals surface area contributed by atoms with E-state index in [1.165, 1.54) is 38.9 Å². The van der Waals surface area contributed by atoms with Crippen LogP contribution in [0.5, 0.6) is 0 Å². The molecule has 0 saturated carbocycles. The molecule has 1 nitrogen and oxygen atoms in total. The summed E-state index contributed by atoms with van der Waals surface area (Å²) in [5, 5.41) is 3.06. The number of rotatable bonds is 4. The summed E-state index contributed by atoms with van der Waals surface area (Å²) in [5.41, 5.74) is 12.2. The molecule has 0 aliphatic rings. The van der Waals surface area contributed by atoms with E-state index in [4.69, 9.17) is 6.42 Å². The standard InChI is InChI=1S/C24H27N.C2H6/c1-9-22(23(10-2)25-8)20-11-13-21(14-12-20)24-18(6)16(4)15(3)17(5)19(24)7;1-2/h2,9,11-14,25H,1H2,3-8H3;1-2H3/b23-22+;. The van der Waals surface area contributed by atoms with Crippen LogP contribution in [0.15, 0.2) is 42.6 Å². The Balaban J connectivity index is 0.00000176. The fourth-order valence-corrected chi connectivity index (χ4v) is 3.40. The quantitative estimate of drug-likeness (QED) is 0.475. The number of hydrogen-bond donors (Lipinski definition) is 1. The minimum atomic E-state index is 0.747. The molecule has 1 N–H and O–H groups in total. The SMILES string of the molecule is C#C/C(NC)=C(/C=C)c1ccc(-c2c(C)c(C)c(C)c(C)c2C)cc1.CC. The van der Waals surface area contributed by atoms with Gasteiger partial charge in [0.25, 0.3) is 0 Å². The van der Waals surface area contributed by atoms with Crippen LogP contribution >= 0.6 is 0 Å². The van der Waals surface area contributed by atoms with Crippen molar-refractivity contribution in [3.8, 4) is 23.5 Å². The molecular formula is C26H33N. The van der Waals surface area contributed by atoms with Crippen molar-refractivity contribution < 1.29 is 0 Å². The molecule has 0 amide bonds. The third-order valence-electron chi connectivity index (χ3n) is 5.35. The molecule has 0 atom stereocenters. The molecule has 0 heterocycles. The predicted molar refractivity (Wildman–Crippen MR) is 122 cm³/mol. The van der Waals surface area contributed by atoms with E-state index in [-0.39, 0.29) is 0 Å². The normalized spacial score (nSPS) is 10.9. The molecule has 0 saturated heterocycles. The highest BCUT2D eigenvalue weighted by atomic mass is 14.8. The zero-order chi connectivity index (χ0) is 20.7. The lowest BCUT2D eigenvalue weighted by Crippen LogP contribution is -2.06. The van der Waals surface area contributed by atoms with Crippen LogP contribution < -0.4 is 5.32 Å². The van der Waals surface area contributed by atoms with Crippen molar-refractivity contribution in [3.63, 3.8) is 0 Å². The number of hydrogen-bond acceptors (Lipinski definition) is 1. The molecule has 2 aromatic carbocycles. The van der Waals surface area contributed by atoms with E-state index in [0.717, 1.165) is 16.8 Å². The molecule has 0 fully saturated rings. The van der Waals surface area contributed by atoms with Gasteiger partial charge in [0, 0.05) is 12.6 Å². The second kappa shape index (κ2) is 9.83. The Morgan fingerprint density at radius 1 is 0.889 bits per heavy atom. The third kappa shape index (κ3) is 4.34. The van der Waals surface area contributed by atoms with Gasteiger partial charge in [0.05, 0.1) is 5.70 Å². The Morgan fingerprint density at radius 3 is 1.70 bits per heavy atom. The molecule has 2 rings (SSSR count). The topological polar surface area (TPSA) is 12.0 Å². The van der Waals surface area contributed by atoms with Crippen LogP contribution in [0.1, 0.15) is 47.2 Å². The van der Waals surface area contributed by atoms with Crippen molar-refractivity contribution in [1.29, 1.82) is 0 Å². The monoisotopic (exact) mass is 359 g/mol. The summed E-state index contributed by atoms with van der Waals surface area (Å²) >= 11 is 0. The first-order valence-corrected chi connectivity index (χ1v) is 9.56. The zero-order valence-corrected chi connectivity index (χ0v) is 18.2. The summed E-state index contributed by atoms with van der Waals surface area (Å²) in [6, 6.07) is 8.58. The minimum absolute atomic E-state index is 0.747. The van der Waals surface area contributed by atoms with Gasteiger partial charge in [-0.3, -0.25) is 0 Å². The summed E-state index contributed by atoms with van der Waals surface area (Å²) in [5.74, 6) is 2.68. The van der Waals surface area contributed by atoms with Crippen LogP contribution in [0.3, 0.4) is 0 Å². The van der Waals surface area contributed by atoms with Crippen LogP contribution in [-0.2, 0) is 0 Å². The summed E-state index contributed by atoms with van der Waals surface area (Å²) in [6.07, 6.45) is 7.39. The van der Waals surface area contributed by atoms with Crippen molar-refractivity contribution in [2.75, 3.05) is 7.05 Å². The molecule has 142 valence electrons. The van der Waals surface area contributed by atoms with Crippen LogP contribution in [0.25, 0.3) is 16.7 Å². The molecule has 27 heavy (non-hydrogen) atoms. The Bertz CT molecular complexity index is 858. The average Bonchev–Trinajstić information content (AvgIpc) is 2.71. The minimum Gasteiger partial charge on any atom is -0.381 e. The first-order chi connectivity index (χ1) is 12.9. The number of terminal acetylenes is 1. The molecule has 0 aromatic heterocycles. The van der Waals surface area contributed by atoms with Gasteiger partial charge >= 0.3 is 0 Å². The molecule has 0 bridgehead atoms. The highest BCUT2D eigenvalue weighted by Gasteiger charge is 2.14. The van der Waals surface area contributed by atoms with Crippen molar-refractivity contribution >= 4 is 5.57 Å². The van der Waals surface area contributed by atoms with Gasteiger partial charge in [-0.15, -0.1) is 6.42 Å². The second-order valence-corrected chi connectivity index (χ2v) is 6.46. The van der Waals surface area contributed by atoms with E-state index < -0.39 is 0 Å². The Labute approximate surface area is 166 Å².